The van der Waals surface area contributed by atoms with E-state index in [1.165, 1.54) is 71.9 Å². The maximum Gasteiger partial charge on any atom is 0.333 e. The van der Waals surface area contributed by atoms with Crippen molar-refractivity contribution < 1.29 is 4.42 Å². The van der Waals surface area contributed by atoms with Gasteiger partial charge in [-0.25, -0.2) is 0 Å². The van der Waals surface area contributed by atoms with Crippen LogP contribution in [0.5, 0.6) is 0 Å². The smallest absolute Gasteiger partial charge is 0.333 e. The number of benzene rings is 6. The zero-order valence-corrected chi connectivity index (χ0v) is 31.8. The fourth-order valence-electron chi connectivity index (χ4n) is 8.97. The van der Waals surface area contributed by atoms with E-state index < -0.39 is 0 Å². The average Bonchev–Trinajstić information content (AvgIpc) is 3.65. The summed E-state index contributed by atoms with van der Waals surface area (Å²) in [5.74, 6) is 0. The number of rotatable bonds is 1. The summed E-state index contributed by atoms with van der Waals surface area (Å²) in [6, 6.07) is 41.4. The van der Waals surface area contributed by atoms with E-state index in [1.54, 1.807) is 0 Å². The molecule has 4 heterocycles. The van der Waals surface area contributed by atoms with Gasteiger partial charge in [0.05, 0.1) is 5.69 Å². The Labute approximate surface area is 307 Å². The quantitative estimate of drug-likeness (QED) is 0.161. The van der Waals surface area contributed by atoms with Crippen LogP contribution in [-0.4, -0.2) is 11.3 Å². The first-order valence-electron chi connectivity index (χ1n) is 18.8. The molecule has 0 bridgehead atoms. The molecule has 8 aromatic rings. The molecule has 0 N–H and O–H groups in total. The predicted octanol–water partition coefficient (Wildman–Crippen LogP) is 12.0. The number of furan rings is 1. The van der Waals surface area contributed by atoms with E-state index in [2.05, 4.69) is 181 Å². The van der Waals surface area contributed by atoms with Crippen molar-refractivity contribution in [3.63, 3.8) is 0 Å². The highest BCUT2D eigenvalue weighted by Crippen LogP contribution is 2.50. The lowest BCUT2D eigenvalue weighted by molar-refractivity contribution is 0.569. The Kier molecular flexibility index (Phi) is 6.19. The minimum Gasteiger partial charge on any atom is -0.454 e. The standard InChI is InChI=1S/C48H45BN2O/c1-46(2,3)28-21-22-38-40(26-28)50(31-24-29(47(4,5)6)23-30(25-31)48(7,8)9)44-42-36(27-37-33-16-11-13-20-41(33)52-45(37)44)35-18-14-17-34-32-15-10-12-19-39(32)51(43(34)35)49(38)42/h10-27H,1-9H3. The van der Waals surface area contributed by atoms with Gasteiger partial charge in [0.25, 0.3) is 0 Å². The third-order valence-electron chi connectivity index (χ3n) is 11.8. The normalized spacial score (nSPS) is 14.2. The van der Waals surface area contributed by atoms with E-state index in [0.717, 1.165) is 27.6 Å². The van der Waals surface area contributed by atoms with Crippen LogP contribution < -0.4 is 15.8 Å². The number of nitrogens with zero attached hydrogens (tertiary/aromatic N) is 2. The first-order chi connectivity index (χ1) is 24.7. The second-order valence-corrected chi connectivity index (χ2v) is 18.3. The summed E-state index contributed by atoms with van der Waals surface area (Å²) in [4.78, 5) is 2.58. The van der Waals surface area contributed by atoms with E-state index in [-0.39, 0.29) is 23.1 Å². The summed E-state index contributed by atoms with van der Waals surface area (Å²) in [5, 5.41) is 4.92. The molecule has 0 spiro atoms. The topological polar surface area (TPSA) is 21.3 Å². The highest BCUT2D eigenvalue weighted by atomic mass is 16.3. The summed E-state index contributed by atoms with van der Waals surface area (Å²) in [6.45, 7) is 20.9. The fraction of sp³-hybridized carbons (Fsp3) is 0.250. The first kappa shape index (κ1) is 31.5. The van der Waals surface area contributed by atoms with Gasteiger partial charge >= 0.3 is 6.85 Å². The molecule has 2 aliphatic rings. The van der Waals surface area contributed by atoms with Gasteiger partial charge in [-0.2, -0.15) is 0 Å². The summed E-state index contributed by atoms with van der Waals surface area (Å²) >= 11 is 0. The van der Waals surface area contributed by atoms with Crippen molar-refractivity contribution in [1.82, 2.24) is 4.48 Å². The third-order valence-corrected chi connectivity index (χ3v) is 11.8. The fourth-order valence-corrected chi connectivity index (χ4v) is 8.97. The first-order valence-corrected chi connectivity index (χ1v) is 18.8. The zero-order valence-electron chi connectivity index (χ0n) is 31.8. The number of hydrogen-bond donors (Lipinski definition) is 0. The zero-order chi connectivity index (χ0) is 36.1. The van der Waals surface area contributed by atoms with Crippen LogP contribution in [0.25, 0.3) is 54.9 Å². The molecule has 2 aliphatic heterocycles. The van der Waals surface area contributed by atoms with Crippen LogP contribution in [0, 0.1) is 0 Å². The minimum absolute atomic E-state index is 0.0338. The maximum absolute atomic E-state index is 7.06. The molecule has 0 unspecified atom stereocenters. The molecular weight excluding hydrogens is 631 g/mol. The molecule has 52 heavy (non-hydrogen) atoms. The third kappa shape index (κ3) is 4.27. The Bertz CT molecular complexity index is 2780. The van der Waals surface area contributed by atoms with Gasteiger partial charge in [-0.15, -0.1) is 0 Å². The Morgan fingerprint density at radius 1 is 0.538 bits per heavy atom. The van der Waals surface area contributed by atoms with Crippen molar-refractivity contribution in [2.75, 3.05) is 4.90 Å². The number of hydrogen-bond acceptors (Lipinski definition) is 2. The molecule has 256 valence electrons. The minimum atomic E-state index is -0.0379. The second kappa shape index (κ2) is 10.2. The molecule has 0 atom stereocenters. The molecule has 0 fully saturated rings. The van der Waals surface area contributed by atoms with Gasteiger partial charge in [0, 0.05) is 49.5 Å². The van der Waals surface area contributed by atoms with Gasteiger partial charge in [-0.05, 0) is 85.8 Å². The van der Waals surface area contributed by atoms with Crippen molar-refractivity contribution in [3.05, 3.63) is 126 Å². The van der Waals surface area contributed by atoms with Crippen molar-refractivity contribution in [2.45, 2.75) is 78.6 Å². The summed E-state index contributed by atoms with van der Waals surface area (Å²) in [5.41, 5.74) is 17.1. The van der Waals surface area contributed by atoms with E-state index in [4.69, 9.17) is 4.42 Å². The van der Waals surface area contributed by atoms with Gasteiger partial charge in [0.2, 0.25) is 0 Å². The molecule has 3 nitrogen and oxygen atoms in total. The molecule has 0 amide bonds. The van der Waals surface area contributed by atoms with Crippen LogP contribution in [0.2, 0.25) is 0 Å². The lowest BCUT2D eigenvalue weighted by Crippen LogP contribution is -2.56. The van der Waals surface area contributed by atoms with Crippen molar-refractivity contribution in [3.8, 4) is 11.1 Å². The second-order valence-electron chi connectivity index (χ2n) is 18.3. The van der Waals surface area contributed by atoms with E-state index >= 15 is 0 Å². The van der Waals surface area contributed by atoms with Crippen molar-refractivity contribution >= 4 is 78.6 Å². The van der Waals surface area contributed by atoms with Gasteiger partial charge in [0.15, 0.2) is 5.58 Å². The lowest BCUT2D eigenvalue weighted by Gasteiger charge is -2.41. The summed E-state index contributed by atoms with van der Waals surface area (Å²) in [6.07, 6.45) is 0. The van der Waals surface area contributed by atoms with E-state index in [0.29, 0.717) is 0 Å². The Morgan fingerprint density at radius 3 is 1.90 bits per heavy atom. The van der Waals surface area contributed by atoms with Crippen LogP contribution in [0.15, 0.2) is 114 Å². The monoisotopic (exact) mass is 676 g/mol. The van der Waals surface area contributed by atoms with Crippen LogP contribution in [0.1, 0.15) is 79.0 Å². The Morgan fingerprint density at radius 2 is 1.19 bits per heavy atom. The van der Waals surface area contributed by atoms with Crippen LogP contribution in [0.3, 0.4) is 0 Å². The highest BCUT2D eigenvalue weighted by molar-refractivity contribution is 6.90. The number of anilines is 3. The SMILES string of the molecule is CC(C)(C)c1cc(N2c3cc(C(C)(C)C)ccc3B3c4c(cc5c(oc6ccccc65)c42)-c2cccc4c5ccccc5n3c24)cc(C(C)(C)C)c1. The van der Waals surface area contributed by atoms with Gasteiger partial charge in [-0.1, -0.05) is 135 Å². The Balaban J connectivity index is 1.44. The molecule has 6 aromatic carbocycles. The van der Waals surface area contributed by atoms with Crippen LogP contribution in [-0.2, 0) is 16.2 Å². The largest absolute Gasteiger partial charge is 0.454 e. The van der Waals surface area contributed by atoms with Gasteiger partial charge in [-0.3, -0.25) is 0 Å². The lowest BCUT2D eigenvalue weighted by atomic mass is 9.45. The molecule has 0 radical (unpaired) electrons. The van der Waals surface area contributed by atoms with Gasteiger partial charge in [0.1, 0.15) is 5.58 Å². The number of aromatic nitrogens is 1. The van der Waals surface area contributed by atoms with Gasteiger partial charge < -0.3 is 13.8 Å². The number of para-hydroxylation sites is 3. The summed E-state index contributed by atoms with van der Waals surface area (Å²) in [7, 11) is 0. The maximum atomic E-state index is 7.06. The molecule has 2 aromatic heterocycles. The summed E-state index contributed by atoms with van der Waals surface area (Å²) < 4.78 is 9.70. The Hall–Kier alpha value is -5.22. The molecule has 0 aliphatic carbocycles. The van der Waals surface area contributed by atoms with Crippen molar-refractivity contribution in [1.29, 1.82) is 0 Å². The van der Waals surface area contributed by atoms with Crippen molar-refractivity contribution in [2.24, 2.45) is 0 Å². The van der Waals surface area contributed by atoms with Crippen LogP contribution >= 0.6 is 0 Å². The predicted molar refractivity (Wildman–Crippen MR) is 223 cm³/mol. The van der Waals surface area contributed by atoms with E-state index in [1.807, 2.05) is 0 Å². The van der Waals surface area contributed by atoms with Crippen LogP contribution in [0.4, 0.5) is 17.1 Å². The molecule has 0 saturated carbocycles. The average molecular weight is 677 g/mol. The number of fused-ring (bicyclic) bond motifs is 11. The molecule has 0 saturated heterocycles. The van der Waals surface area contributed by atoms with E-state index in [9.17, 15) is 0 Å². The highest BCUT2D eigenvalue weighted by Gasteiger charge is 2.45. The molecular formula is C48H45BN2O. The molecule has 10 rings (SSSR count). The molecule has 4 heteroatoms.